The normalized spacial score (nSPS) is 12.6. The first kappa shape index (κ1) is 30.3. The Morgan fingerprint density at radius 2 is 1.24 bits per heavy atom. The van der Waals surface area contributed by atoms with Gasteiger partial charge in [0.1, 0.15) is 0 Å². The summed E-state index contributed by atoms with van der Waals surface area (Å²) in [5, 5.41) is 7.10. The molecule has 0 saturated carbocycles. The van der Waals surface area contributed by atoms with E-state index in [2.05, 4.69) is 141 Å². The number of allylic oxidation sites excluding steroid dienone is 4. The van der Waals surface area contributed by atoms with Gasteiger partial charge in [-0.05, 0) is 6.42 Å². The van der Waals surface area contributed by atoms with Crippen molar-refractivity contribution in [2.75, 3.05) is 0 Å². The fourth-order valence-electron chi connectivity index (χ4n) is 4.87. The molecule has 0 aromatic heterocycles. The Hall–Kier alpha value is -2.22. The van der Waals surface area contributed by atoms with Gasteiger partial charge >= 0.3 is 99.2 Å². The van der Waals surface area contributed by atoms with Crippen LogP contribution in [0.3, 0.4) is 0 Å². The van der Waals surface area contributed by atoms with Crippen LogP contribution < -0.4 is 24.8 Å². The predicted octanol–water partition coefficient (Wildman–Crippen LogP) is 3.11. The van der Waals surface area contributed by atoms with Crippen LogP contribution in [0.5, 0.6) is 0 Å². The fourth-order valence-corrected chi connectivity index (χ4v) is 7.01. The summed E-state index contributed by atoms with van der Waals surface area (Å²) < 4.78 is 1.42. The number of rotatable bonds is 4. The van der Waals surface area contributed by atoms with Gasteiger partial charge in [-0.25, -0.2) is 0 Å². The summed E-state index contributed by atoms with van der Waals surface area (Å²) in [5.74, 6) is 0. The summed E-state index contributed by atoms with van der Waals surface area (Å²) in [4.78, 5) is 0. The fraction of sp³-hybridized carbons (Fsp3) is 0.118. The summed E-state index contributed by atoms with van der Waals surface area (Å²) in [7, 11) is -1.21. The summed E-state index contributed by atoms with van der Waals surface area (Å²) >= 11 is 1.46. The van der Waals surface area contributed by atoms with Gasteiger partial charge < -0.3 is 24.8 Å². The molecule has 0 bridgehead atoms. The van der Waals surface area contributed by atoms with Crippen LogP contribution in [0, 0.1) is 0 Å². The topological polar surface area (TPSA) is 0 Å². The molecule has 0 nitrogen and oxygen atoms in total. The van der Waals surface area contributed by atoms with E-state index in [9.17, 15) is 0 Å². The van der Waals surface area contributed by atoms with Crippen LogP contribution in [-0.2, 0) is 24.2 Å². The van der Waals surface area contributed by atoms with Gasteiger partial charge in [0.2, 0.25) is 0 Å². The number of fused-ring (bicyclic) bond motifs is 3. The molecule has 1 aliphatic rings. The standard InChI is InChI=1S/C21H21Si.C13H10.2ClH.Zr/c1-22(2,3)17-12-11-16(13-17)19-9-6-10-20-18-8-5-4-7-15(18)14-21(19)20;1-3-7-12(8-4-1)11-13-9-5-2-6-10-13;;;/h4-10,12-14H,11H2,1-3H3;1-10H;2*1H;/q-1;;;;+2/p-2. The third-order valence-corrected chi connectivity index (χ3v) is 10.4. The van der Waals surface area contributed by atoms with Crippen molar-refractivity contribution in [3.63, 3.8) is 0 Å². The van der Waals surface area contributed by atoms with Crippen molar-refractivity contribution >= 4 is 38.4 Å². The zero-order valence-electron chi connectivity index (χ0n) is 22.0. The molecular weight excluding hydrogens is 599 g/mol. The minimum atomic E-state index is -1.21. The molecule has 5 aromatic carbocycles. The summed E-state index contributed by atoms with van der Waals surface area (Å²) in [6, 6.07) is 38.9. The molecule has 0 aliphatic heterocycles. The van der Waals surface area contributed by atoms with Gasteiger partial charge in [-0.1, -0.05) is 84.5 Å². The second-order valence-electron chi connectivity index (χ2n) is 10.4. The Kier molecular flexibility index (Phi) is 10.6. The van der Waals surface area contributed by atoms with Crippen LogP contribution in [0.15, 0.2) is 127 Å². The molecule has 0 N–H and O–H groups in total. The Morgan fingerprint density at radius 1 is 0.684 bits per heavy atom. The quantitative estimate of drug-likeness (QED) is 0.212. The molecule has 1 aliphatic carbocycles. The van der Waals surface area contributed by atoms with E-state index in [1.807, 2.05) is 0 Å². The van der Waals surface area contributed by atoms with E-state index < -0.39 is 8.07 Å². The molecule has 6 rings (SSSR count). The van der Waals surface area contributed by atoms with Crippen LogP contribution in [0.4, 0.5) is 0 Å². The second-order valence-corrected chi connectivity index (χ2v) is 16.7. The zero-order chi connectivity index (χ0) is 25.1. The molecule has 0 radical (unpaired) electrons. The molecule has 5 aromatic rings. The second kappa shape index (κ2) is 13.2. The van der Waals surface area contributed by atoms with Gasteiger partial charge in [-0.2, -0.15) is 0 Å². The first-order chi connectivity index (χ1) is 17.4. The molecule has 0 fully saturated rings. The molecule has 0 spiro atoms. The van der Waals surface area contributed by atoms with Crippen molar-refractivity contribution in [3.05, 3.63) is 143 Å². The van der Waals surface area contributed by atoms with E-state index in [4.69, 9.17) is 0 Å². The Morgan fingerprint density at radius 3 is 1.82 bits per heavy atom. The maximum absolute atomic E-state index is 2.46. The van der Waals surface area contributed by atoms with Gasteiger partial charge in [0, 0.05) is 0 Å². The van der Waals surface area contributed by atoms with E-state index in [1.54, 1.807) is 5.20 Å². The number of hydrogen-bond donors (Lipinski definition) is 0. The molecular formula is C34H31Cl2SiZr-. The SMILES string of the molecule is C[Si](C)(C)C1=CCC(c2cccc3c2[cH-]c2ccccc23)=C1.[Cl-].[Cl-].[Zr+2]=[C](c1ccccc1)c1ccccc1. The molecule has 0 heterocycles. The molecule has 0 atom stereocenters. The molecule has 190 valence electrons. The molecule has 38 heavy (non-hydrogen) atoms. The average Bonchev–Trinajstić information content (AvgIpc) is 3.55. The van der Waals surface area contributed by atoms with Crippen molar-refractivity contribution in [2.45, 2.75) is 26.1 Å². The zero-order valence-corrected chi connectivity index (χ0v) is 27.0. The minimum absolute atomic E-state index is 0. The van der Waals surface area contributed by atoms with Gasteiger partial charge in [-0.3, -0.25) is 0 Å². The number of benzene rings is 4. The first-order valence-electron chi connectivity index (χ1n) is 12.6. The van der Waals surface area contributed by atoms with E-state index in [0.717, 1.165) is 6.42 Å². The van der Waals surface area contributed by atoms with E-state index >= 15 is 0 Å². The van der Waals surface area contributed by atoms with Crippen molar-refractivity contribution in [1.29, 1.82) is 0 Å². The summed E-state index contributed by atoms with van der Waals surface area (Å²) in [6.45, 7) is 7.28. The van der Waals surface area contributed by atoms with Crippen molar-refractivity contribution < 1.29 is 49.0 Å². The molecule has 4 heteroatoms. The summed E-state index contributed by atoms with van der Waals surface area (Å²) in [5.41, 5.74) is 5.56. The Bertz CT molecular complexity index is 1550. The molecule has 0 unspecified atom stereocenters. The van der Waals surface area contributed by atoms with E-state index in [-0.39, 0.29) is 24.8 Å². The van der Waals surface area contributed by atoms with Crippen LogP contribution >= 0.6 is 0 Å². The Labute approximate surface area is 255 Å². The van der Waals surface area contributed by atoms with Crippen molar-refractivity contribution in [3.8, 4) is 0 Å². The number of halogens is 2. The van der Waals surface area contributed by atoms with Gasteiger partial charge in [0.25, 0.3) is 0 Å². The van der Waals surface area contributed by atoms with Crippen LogP contribution in [0.1, 0.15) is 23.1 Å². The van der Waals surface area contributed by atoms with E-state index in [1.165, 1.54) is 71.2 Å². The van der Waals surface area contributed by atoms with Crippen LogP contribution in [0.25, 0.3) is 27.1 Å². The van der Waals surface area contributed by atoms with E-state index in [0.29, 0.717) is 0 Å². The molecule has 0 saturated heterocycles. The van der Waals surface area contributed by atoms with Crippen molar-refractivity contribution in [2.24, 2.45) is 0 Å². The Balaban J connectivity index is 0.000000219. The van der Waals surface area contributed by atoms with Gasteiger partial charge in [-0.15, -0.1) is 33.7 Å². The third-order valence-electron chi connectivity index (χ3n) is 6.87. The van der Waals surface area contributed by atoms with Crippen LogP contribution in [0.2, 0.25) is 19.6 Å². The maximum atomic E-state index is 2.46. The monoisotopic (exact) mass is 627 g/mol. The average molecular weight is 630 g/mol. The van der Waals surface area contributed by atoms with Gasteiger partial charge in [0.15, 0.2) is 0 Å². The first-order valence-corrected chi connectivity index (χ1v) is 17.3. The predicted molar refractivity (Wildman–Crippen MR) is 157 cm³/mol. The number of hydrogen-bond acceptors (Lipinski definition) is 0. The molecule has 0 amide bonds. The van der Waals surface area contributed by atoms with Crippen LogP contribution in [-0.4, -0.2) is 11.3 Å². The summed E-state index contributed by atoms with van der Waals surface area (Å²) in [6.07, 6.45) is 5.99. The third kappa shape index (κ3) is 6.67. The van der Waals surface area contributed by atoms with Crippen molar-refractivity contribution in [1.82, 2.24) is 0 Å². The van der Waals surface area contributed by atoms with Gasteiger partial charge in [0.05, 0.1) is 8.07 Å².